The number of hydrogen-bond acceptors (Lipinski definition) is 3. The number of hydrogen-bond donors (Lipinski definition) is 2. The Morgan fingerprint density at radius 2 is 1.12 bits per heavy atom. The summed E-state index contributed by atoms with van der Waals surface area (Å²) in [6.07, 6.45) is 0. The molecule has 0 radical (unpaired) electrons. The van der Waals surface area contributed by atoms with Crippen LogP contribution in [0.4, 0.5) is 0 Å². The molecule has 2 aromatic rings. The first-order chi connectivity index (χ1) is 11.7. The van der Waals surface area contributed by atoms with Crippen molar-refractivity contribution in [3.8, 4) is 11.5 Å². The third kappa shape index (κ3) is 6.08. The van der Waals surface area contributed by atoms with Crippen molar-refractivity contribution in [2.24, 2.45) is 0 Å². The summed E-state index contributed by atoms with van der Waals surface area (Å²) >= 11 is 5.32. The van der Waals surface area contributed by atoms with Crippen LogP contribution in [0.5, 0.6) is 11.5 Å². The second kappa shape index (κ2) is 9.78. The van der Waals surface area contributed by atoms with E-state index in [2.05, 4.69) is 10.6 Å². The van der Waals surface area contributed by atoms with Gasteiger partial charge in [-0.2, -0.15) is 0 Å². The van der Waals surface area contributed by atoms with E-state index in [0.29, 0.717) is 31.4 Å². The molecule has 128 valence electrons. The Balaban J connectivity index is 1.72. The van der Waals surface area contributed by atoms with Gasteiger partial charge in [0.1, 0.15) is 11.5 Å². The Hall–Kier alpha value is -2.27. The fourth-order valence-corrected chi connectivity index (χ4v) is 2.31. The van der Waals surface area contributed by atoms with E-state index in [1.54, 1.807) is 0 Å². The number of thiocarbonyl (C=S) groups is 1. The van der Waals surface area contributed by atoms with E-state index in [1.807, 2.05) is 62.4 Å². The van der Waals surface area contributed by atoms with Crippen molar-refractivity contribution in [2.45, 2.75) is 26.9 Å². The second-order valence-electron chi connectivity index (χ2n) is 5.19. The van der Waals surface area contributed by atoms with Crippen LogP contribution in [0.15, 0.2) is 48.5 Å². The molecule has 5 heteroatoms. The van der Waals surface area contributed by atoms with Crippen molar-refractivity contribution in [1.82, 2.24) is 10.6 Å². The molecule has 24 heavy (non-hydrogen) atoms. The van der Waals surface area contributed by atoms with Crippen LogP contribution >= 0.6 is 12.2 Å². The van der Waals surface area contributed by atoms with E-state index in [4.69, 9.17) is 21.7 Å². The van der Waals surface area contributed by atoms with Gasteiger partial charge in [-0.05, 0) is 61.5 Å². The van der Waals surface area contributed by atoms with Gasteiger partial charge in [-0.15, -0.1) is 0 Å². The van der Waals surface area contributed by atoms with Crippen molar-refractivity contribution in [3.05, 3.63) is 59.7 Å². The minimum atomic E-state index is 0.637. The van der Waals surface area contributed by atoms with E-state index < -0.39 is 0 Å². The smallest absolute Gasteiger partial charge is 0.166 e. The molecule has 0 aliphatic rings. The predicted molar refractivity (Wildman–Crippen MR) is 101 cm³/mol. The zero-order valence-electron chi connectivity index (χ0n) is 14.2. The van der Waals surface area contributed by atoms with Crippen molar-refractivity contribution < 1.29 is 9.47 Å². The van der Waals surface area contributed by atoms with Crippen LogP contribution in [-0.4, -0.2) is 18.3 Å². The molecule has 0 saturated carbocycles. The first kappa shape index (κ1) is 18.1. The Morgan fingerprint density at radius 1 is 0.750 bits per heavy atom. The number of ether oxygens (including phenoxy) is 2. The first-order valence-electron chi connectivity index (χ1n) is 8.16. The molecule has 2 N–H and O–H groups in total. The van der Waals surface area contributed by atoms with E-state index >= 15 is 0 Å². The van der Waals surface area contributed by atoms with Crippen LogP contribution in [0.25, 0.3) is 0 Å². The van der Waals surface area contributed by atoms with Crippen LogP contribution in [0, 0.1) is 0 Å². The maximum absolute atomic E-state index is 5.43. The van der Waals surface area contributed by atoms with Crippen molar-refractivity contribution in [1.29, 1.82) is 0 Å². The van der Waals surface area contributed by atoms with Gasteiger partial charge in [-0.1, -0.05) is 24.3 Å². The second-order valence-corrected chi connectivity index (χ2v) is 5.60. The lowest BCUT2D eigenvalue weighted by Crippen LogP contribution is -2.34. The molecule has 0 aliphatic carbocycles. The minimum absolute atomic E-state index is 0.637. The summed E-state index contributed by atoms with van der Waals surface area (Å²) in [5.41, 5.74) is 2.31. The summed E-state index contributed by atoms with van der Waals surface area (Å²) in [7, 11) is 0. The van der Waals surface area contributed by atoms with Crippen LogP contribution in [0.2, 0.25) is 0 Å². The molecule has 0 aromatic heterocycles. The van der Waals surface area contributed by atoms with Gasteiger partial charge in [0.15, 0.2) is 5.11 Å². The van der Waals surface area contributed by atoms with E-state index in [-0.39, 0.29) is 0 Å². The molecule has 2 rings (SSSR count). The molecule has 0 fully saturated rings. The van der Waals surface area contributed by atoms with Crippen LogP contribution in [-0.2, 0) is 13.1 Å². The molecular weight excluding hydrogens is 320 g/mol. The van der Waals surface area contributed by atoms with E-state index in [1.165, 1.54) is 0 Å². The molecule has 0 spiro atoms. The highest BCUT2D eigenvalue weighted by atomic mass is 32.1. The van der Waals surface area contributed by atoms with Crippen molar-refractivity contribution >= 4 is 17.3 Å². The fourth-order valence-electron chi connectivity index (χ4n) is 2.17. The lowest BCUT2D eigenvalue weighted by atomic mass is 10.2. The Kier molecular flexibility index (Phi) is 7.36. The molecule has 4 nitrogen and oxygen atoms in total. The van der Waals surface area contributed by atoms with Gasteiger partial charge in [0, 0.05) is 13.1 Å². The van der Waals surface area contributed by atoms with E-state index in [0.717, 1.165) is 22.6 Å². The minimum Gasteiger partial charge on any atom is -0.494 e. The molecule has 0 atom stereocenters. The van der Waals surface area contributed by atoms with Gasteiger partial charge in [-0.3, -0.25) is 0 Å². The standard InChI is InChI=1S/C19H24N2O2S/c1-3-22-17-9-5-15(6-10-17)13-20-19(24)21-14-16-7-11-18(12-8-16)23-4-2/h5-12H,3-4,13-14H2,1-2H3,(H2,20,21,24). The largest absolute Gasteiger partial charge is 0.494 e. The molecular formula is C19H24N2O2S. The third-order valence-corrected chi connectivity index (χ3v) is 3.66. The summed E-state index contributed by atoms with van der Waals surface area (Å²) in [4.78, 5) is 0. The Bertz CT molecular complexity index is 571. The van der Waals surface area contributed by atoms with Crippen molar-refractivity contribution in [3.63, 3.8) is 0 Å². The average Bonchev–Trinajstić information content (AvgIpc) is 2.61. The average molecular weight is 344 g/mol. The topological polar surface area (TPSA) is 42.5 Å². The third-order valence-electron chi connectivity index (χ3n) is 3.37. The van der Waals surface area contributed by atoms with Gasteiger partial charge < -0.3 is 20.1 Å². The maximum atomic E-state index is 5.43. The zero-order chi connectivity index (χ0) is 17.2. The summed E-state index contributed by atoms with van der Waals surface area (Å²) in [5, 5.41) is 7.05. The molecule has 0 aliphatic heterocycles. The number of rotatable bonds is 8. The summed E-state index contributed by atoms with van der Waals surface area (Å²) < 4.78 is 10.9. The fraction of sp³-hybridized carbons (Fsp3) is 0.316. The summed E-state index contributed by atoms with van der Waals surface area (Å²) in [6, 6.07) is 16.0. The molecule has 0 bridgehead atoms. The zero-order valence-corrected chi connectivity index (χ0v) is 15.0. The first-order valence-corrected chi connectivity index (χ1v) is 8.57. The lowest BCUT2D eigenvalue weighted by molar-refractivity contribution is 0.340. The normalized spacial score (nSPS) is 10.1. The quantitative estimate of drug-likeness (QED) is 0.716. The maximum Gasteiger partial charge on any atom is 0.166 e. The van der Waals surface area contributed by atoms with Crippen LogP contribution in [0.3, 0.4) is 0 Å². The van der Waals surface area contributed by atoms with E-state index in [9.17, 15) is 0 Å². The van der Waals surface area contributed by atoms with Gasteiger partial charge in [0.05, 0.1) is 13.2 Å². The van der Waals surface area contributed by atoms with Gasteiger partial charge in [0.2, 0.25) is 0 Å². The predicted octanol–water partition coefficient (Wildman–Crippen LogP) is 3.65. The Morgan fingerprint density at radius 3 is 1.46 bits per heavy atom. The van der Waals surface area contributed by atoms with Gasteiger partial charge in [-0.25, -0.2) is 0 Å². The highest BCUT2D eigenvalue weighted by Crippen LogP contribution is 2.12. The van der Waals surface area contributed by atoms with Crippen LogP contribution in [0.1, 0.15) is 25.0 Å². The van der Waals surface area contributed by atoms with Crippen molar-refractivity contribution in [2.75, 3.05) is 13.2 Å². The Labute approximate surface area is 149 Å². The molecule has 0 unspecified atom stereocenters. The number of benzene rings is 2. The number of nitrogens with one attached hydrogen (secondary N) is 2. The SMILES string of the molecule is CCOc1ccc(CNC(=S)NCc2ccc(OCC)cc2)cc1. The van der Waals surface area contributed by atoms with Crippen LogP contribution < -0.4 is 20.1 Å². The molecule has 0 amide bonds. The summed E-state index contributed by atoms with van der Waals surface area (Å²) in [5.74, 6) is 1.77. The highest BCUT2D eigenvalue weighted by Gasteiger charge is 1.99. The monoisotopic (exact) mass is 344 g/mol. The van der Waals surface area contributed by atoms with Gasteiger partial charge >= 0.3 is 0 Å². The lowest BCUT2D eigenvalue weighted by Gasteiger charge is -2.11. The molecule has 0 heterocycles. The summed E-state index contributed by atoms with van der Waals surface area (Å²) in [6.45, 7) is 6.67. The highest BCUT2D eigenvalue weighted by molar-refractivity contribution is 7.80. The molecule has 0 saturated heterocycles. The molecule has 2 aromatic carbocycles. The van der Waals surface area contributed by atoms with Gasteiger partial charge in [0.25, 0.3) is 0 Å².